The number of hydrogen-bond acceptors (Lipinski definition) is 3. The predicted octanol–water partition coefficient (Wildman–Crippen LogP) is 2.22. The average molecular weight is 367 g/mol. The van der Waals surface area contributed by atoms with Crippen molar-refractivity contribution in [3.05, 3.63) is 30.3 Å². The molecule has 3 rings (SSSR count). The van der Waals surface area contributed by atoms with E-state index in [2.05, 4.69) is 16.0 Å². The molecule has 0 saturated carbocycles. The van der Waals surface area contributed by atoms with Gasteiger partial charge in [-0.15, -0.1) is 12.4 Å². The molecule has 0 spiro atoms. The number of nitrogens with one attached hydrogen (secondary N) is 3. The first-order valence-electron chi connectivity index (χ1n) is 8.84. The second-order valence-electron chi connectivity index (χ2n) is 6.61. The average Bonchev–Trinajstić information content (AvgIpc) is 2.63. The molecular weight excluding hydrogens is 340 g/mol. The van der Waals surface area contributed by atoms with E-state index in [-0.39, 0.29) is 36.3 Å². The third kappa shape index (κ3) is 5.61. The summed E-state index contributed by atoms with van der Waals surface area (Å²) in [5.41, 5.74) is 0.798. The Morgan fingerprint density at radius 3 is 2.44 bits per heavy atom. The van der Waals surface area contributed by atoms with Crippen LogP contribution in [0, 0.1) is 5.92 Å². The first-order valence-corrected chi connectivity index (χ1v) is 8.84. The van der Waals surface area contributed by atoms with Crippen LogP contribution in [0.4, 0.5) is 10.5 Å². The van der Waals surface area contributed by atoms with Gasteiger partial charge in [-0.25, -0.2) is 4.79 Å². The Labute approximate surface area is 155 Å². The minimum atomic E-state index is -0.0865. The fourth-order valence-corrected chi connectivity index (χ4v) is 3.36. The lowest BCUT2D eigenvalue weighted by molar-refractivity contribution is -0.127. The van der Waals surface area contributed by atoms with E-state index in [9.17, 15) is 9.59 Å². The van der Waals surface area contributed by atoms with Crippen LogP contribution in [0.3, 0.4) is 0 Å². The summed E-state index contributed by atoms with van der Waals surface area (Å²) < 4.78 is 0. The van der Waals surface area contributed by atoms with Crippen LogP contribution in [0.2, 0.25) is 0 Å². The van der Waals surface area contributed by atoms with E-state index in [1.54, 1.807) is 4.90 Å². The van der Waals surface area contributed by atoms with Gasteiger partial charge in [0.2, 0.25) is 5.91 Å². The van der Waals surface area contributed by atoms with Crippen molar-refractivity contribution in [1.29, 1.82) is 0 Å². The van der Waals surface area contributed by atoms with Crippen LogP contribution in [0.1, 0.15) is 25.7 Å². The summed E-state index contributed by atoms with van der Waals surface area (Å²) in [6.07, 6.45) is 3.63. The summed E-state index contributed by atoms with van der Waals surface area (Å²) in [7, 11) is 0. The van der Waals surface area contributed by atoms with E-state index < -0.39 is 0 Å². The van der Waals surface area contributed by atoms with Gasteiger partial charge >= 0.3 is 6.03 Å². The minimum Gasteiger partial charge on any atom is -0.352 e. The van der Waals surface area contributed by atoms with E-state index >= 15 is 0 Å². The molecule has 0 bridgehead atoms. The number of nitrogens with zero attached hydrogens (tertiary/aromatic N) is 1. The Balaban J connectivity index is 0.00000225. The van der Waals surface area contributed by atoms with Crippen molar-refractivity contribution in [2.24, 2.45) is 5.92 Å². The van der Waals surface area contributed by atoms with Crippen LogP contribution in [0.15, 0.2) is 30.3 Å². The number of amides is 3. The van der Waals surface area contributed by atoms with Crippen molar-refractivity contribution in [3.63, 3.8) is 0 Å². The molecule has 1 atom stereocenters. The van der Waals surface area contributed by atoms with E-state index in [4.69, 9.17) is 0 Å². The van der Waals surface area contributed by atoms with Crippen LogP contribution >= 0.6 is 12.4 Å². The Kier molecular flexibility index (Phi) is 7.52. The van der Waals surface area contributed by atoms with E-state index in [0.717, 1.165) is 44.5 Å². The number of hydrogen-bond donors (Lipinski definition) is 3. The second kappa shape index (κ2) is 9.63. The zero-order valence-corrected chi connectivity index (χ0v) is 15.2. The second-order valence-corrected chi connectivity index (χ2v) is 6.61. The van der Waals surface area contributed by atoms with E-state index in [0.29, 0.717) is 13.1 Å². The molecule has 0 radical (unpaired) electrons. The number of rotatable bonds is 3. The maximum atomic E-state index is 12.4. The number of carbonyl (C=O) groups excluding carboxylic acids is 2. The lowest BCUT2D eigenvalue weighted by Crippen LogP contribution is -2.50. The van der Waals surface area contributed by atoms with Crippen molar-refractivity contribution in [3.8, 4) is 0 Å². The molecule has 25 heavy (non-hydrogen) atoms. The molecule has 1 aromatic carbocycles. The zero-order chi connectivity index (χ0) is 16.8. The van der Waals surface area contributed by atoms with Gasteiger partial charge in [-0.1, -0.05) is 18.2 Å². The number of likely N-dealkylation sites (tertiary alicyclic amines) is 1. The maximum Gasteiger partial charge on any atom is 0.321 e. The maximum absolute atomic E-state index is 12.4. The lowest BCUT2D eigenvalue weighted by atomic mass is 9.95. The molecule has 2 heterocycles. The van der Waals surface area contributed by atoms with Crippen LogP contribution < -0.4 is 16.0 Å². The fraction of sp³-hybridized carbons (Fsp3) is 0.556. The molecule has 6 nitrogen and oxygen atoms in total. The number of benzene rings is 1. The molecule has 0 aromatic heterocycles. The highest BCUT2D eigenvalue weighted by molar-refractivity contribution is 5.89. The molecule has 2 aliphatic heterocycles. The Morgan fingerprint density at radius 1 is 1.08 bits per heavy atom. The molecule has 7 heteroatoms. The highest BCUT2D eigenvalue weighted by Gasteiger charge is 2.28. The number of carbonyl (C=O) groups is 2. The Bertz CT molecular complexity index is 555. The molecule has 138 valence electrons. The summed E-state index contributed by atoms with van der Waals surface area (Å²) in [6, 6.07) is 9.62. The molecule has 0 aliphatic carbocycles. The highest BCUT2D eigenvalue weighted by Crippen LogP contribution is 2.19. The monoisotopic (exact) mass is 366 g/mol. The molecule has 3 amide bonds. The third-order valence-electron chi connectivity index (χ3n) is 4.82. The number of anilines is 1. The molecule has 0 unspecified atom stereocenters. The SMILES string of the molecule is Cl.O=C(N[C@H]1CCCNC1)C1CCN(C(=O)Nc2ccccc2)CC1. The lowest BCUT2D eigenvalue weighted by Gasteiger charge is -2.33. The Morgan fingerprint density at radius 2 is 1.80 bits per heavy atom. The van der Waals surface area contributed by atoms with Crippen LogP contribution in [0.25, 0.3) is 0 Å². The van der Waals surface area contributed by atoms with Gasteiger partial charge in [0.05, 0.1) is 0 Å². The van der Waals surface area contributed by atoms with Crippen molar-refractivity contribution in [1.82, 2.24) is 15.5 Å². The first-order chi connectivity index (χ1) is 11.7. The van der Waals surface area contributed by atoms with Gasteiger partial charge in [-0.3, -0.25) is 4.79 Å². The van der Waals surface area contributed by atoms with Crippen LogP contribution in [-0.2, 0) is 4.79 Å². The normalized spacial score (nSPS) is 21.1. The fourth-order valence-electron chi connectivity index (χ4n) is 3.36. The largest absolute Gasteiger partial charge is 0.352 e. The molecule has 2 fully saturated rings. The van der Waals surface area contributed by atoms with Gasteiger partial charge in [0, 0.05) is 37.3 Å². The highest BCUT2D eigenvalue weighted by atomic mass is 35.5. The summed E-state index contributed by atoms with van der Waals surface area (Å²) in [6.45, 7) is 3.16. The van der Waals surface area contributed by atoms with Gasteiger partial charge in [0.15, 0.2) is 0 Å². The summed E-state index contributed by atoms with van der Waals surface area (Å²) in [5, 5.41) is 9.36. The molecule has 2 saturated heterocycles. The number of piperidine rings is 2. The quantitative estimate of drug-likeness (QED) is 0.768. The standard InChI is InChI=1S/C18H26N4O2.ClH/c23-17(20-16-7-4-10-19-13-16)14-8-11-22(12-9-14)18(24)21-15-5-2-1-3-6-15;/h1-3,5-6,14,16,19H,4,7-13H2,(H,20,23)(H,21,24);1H/t16-;/m0./s1. The van der Waals surface area contributed by atoms with Gasteiger partial charge in [-0.2, -0.15) is 0 Å². The van der Waals surface area contributed by atoms with Gasteiger partial charge in [0.1, 0.15) is 0 Å². The van der Waals surface area contributed by atoms with Crippen molar-refractivity contribution in [2.75, 3.05) is 31.5 Å². The number of halogens is 1. The third-order valence-corrected chi connectivity index (χ3v) is 4.82. The van der Waals surface area contributed by atoms with Crippen molar-refractivity contribution < 1.29 is 9.59 Å². The van der Waals surface area contributed by atoms with Crippen molar-refractivity contribution in [2.45, 2.75) is 31.7 Å². The van der Waals surface area contributed by atoms with Crippen LogP contribution in [-0.4, -0.2) is 49.1 Å². The number of urea groups is 1. The molecule has 2 aliphatic rings. The van der Waals surface area contributed by atoms with Crippen LogP contribution in [0.5, 0.6) is 0 Å². The summed E-state index contributed by atoms with van der Waals surface area (Å²) >= 11 is 0. The van der Waals surface area contributed by atoms with Gasteiger partial charge < -0.3 is 20.9 Å². The predicted molar refractivity (Wildman–Crippen MR) is 101 cm³/mol. The topological polar surface area (TPSA) is 73.5 Å². The zero-order valence-electron chi connectivity index (χ0n) is 14.4. The van der Waals surface area contributed by atoms with Crippen molar-refractivity contribution >= 4 is 30.0 Å². The molecule has 1 aromatic rings. The first kappa shape index (κ1) is 19.5. The van der Waals surface area contributed by atoms with Gasteiger partial charge in [0.25, 0.3) is 0 Å². The summed E-state index contributed by atoms with van der Waals surface area (Å²) in [5.74, 6) is 0.166. The molecule has 3 N–H and O–H groups in total. The number of para-hydroxylation sites is 1. The summed E-state index contributed by atoms with van der Waals surface area (Å²) in [4.78, 5) is 26.4. The van der Waals surface area contributed by atoms with Gasteiger partial charge in [-0.05, 0) is 44.4 Å². The smallest absolute Gasteiger partial charge is 0.321 e. The molecular formula is C18H27ClN4O2. The van der Waals surface area contributed by atoms with E-state index in [1.165, 1.54) is 0 Å². The minimum absolute atomic E-state index is 0. The van der Waals surface area contributed by atoms with E-state index in [1.807, 2.05) is 30.3 Å². The Hall–Kier alpha value is -1.79.